The lowest BCUT2D eigenvalue weighted by Crippen LogP contribution is -2.38. The van der Waals surface area contributed by atoms with Crippen LogP contribution < -0.4 is 4.57 Å². The SMILES string of the molecule is CCCCCCCCCCCCc1n(CC(C)C(=O)O)cc[n+]1Cc1ccccc1. The fourth-order valence-electron chi connectivity index (χ4n) is 4.02. The summed E-state index contributed by atoms with van der Waals surface area (Å²) in [4.78, 5) is 11.3. The van der Waals surface area contributed by atoms with E-state index in [4.69, 9.17) is 0 Å². The number of aliphatic carboxylic acids is 1. The molecule has 0 aliphatic heterocycles. The maximum absolute atomic E-state index is 11.3. The minimum Gasteiger partial charge on any atom is -0.481 e. The second kappa shape index (κ2) is 14.0. The Morgan fingerprint density at radius 2 is 1.57 bits per heavy atom. The highest BCUT2D eigenvalue weighted by atomic mass is 16.4. The zero-order valence-electron chi connectivity index (χ0n) is 19.1. The summed E-state index contributed by atoms with van der Waals surface area (Å²) in [5, 5.41) is 9.32. The molecule has 30 heavy (non-hydrogen) atoms. The van der Waals surface area contributed by atoms with E-state index in [1.54, 1.807) is 6.92 Å². The Morgan fingerprint density at radius 1 is 0.967 bits per heavy atom. The number of unbranched alkanes of at least 4 members (excludes halogenated alkanes) is 9. The van der Waals surface area contributed by atoms with Gasteiger partial charge in [-0.15, -0.1) is 0 Å². The highest BCUT2D eigenvalue weighted by Gasteiger charge is 2.21. The van der Waals surface area contributed by atoms with E-state index in [1.807, 2.05) is 12.3 Å². The lowest BCUT2D eigenvalue weighted by atomic mass is 10.1. The minimum absolute atomic E-state index is 0.381. The van der Waals surface area contributed by atoms with E-state index < -0.39 is 5.97 Å². The highest BCUT2D eigenvalue weighted by molar-refractivity contribution is 5.69. The fraction of sp³-hybridized carbons (Fsp3) is 0.615. The first-order chi connectivity index (χ1) is 14.6. The smallest absolute Gasteiger partial charge is 0.310 e. The summed E-state index contributed by atoms with van der Waals surface area (Å²) in [7, 11) is 0. The standard InChI is InChI=1S/C26H40N2O2/c1-3-4-5-6-7-8-9-10-11-15-18-25-27(21-23(2)26(29)30)19-20-28(25)22-24-16-13-12-14-17-24/h12-14,16-17,19-20,23H,3-11,15,18,21-22H2,1-2H3/p+1. The van der Waals surface area contributed by atoms with Gasteiger partial charge in [-0.2, -0.15) is 0 Å². The topological polar surface area (TPSA) is 46.1 Å². The van der Waals surface area contributed by atoms with E-state index in [-0.39, 0.29) is 5.92 Å². The second-order valence-corrected chi connectivity index (χ2v) is 8.65. The van der Waals surface area contributed by atoms with E-state index in [0.717, 1.165) is 19.4 Å². The van der Waals surface area contributed by atoms with Gasteiger partial charge >= 0.3 is 5.97 Å². The molecule has 1 heterocycles. The summed E-state index contributed by atoms with van der Waals surface area (Å²) in [6.07, 6.45) is 18.4. The van der Waals surface area contributed by atoms with E-state index in [1.165, 1.54) is 69.2 Å². The Morgan fingerprint density at radius 3 is 2.17 bits per heavy atom. The molecule has 1 aromatic carbocycles. The van der Waals surface area contributed by atoms with Crippen molar-refractivity contribution in [1.82, 2.24) is 4.57 Å². The summed E-state index contributed by atoms with van der Waals surface area (Å²) >= 11 is 0. The summed E-state index contributed by atoms with van der Waals surface area (Å²) in [5.41, 5.74) is 1.27. The zero-order valence-corrected chi connectivity index (χ0v) is 19.1. The normalized spacial score (nSPS) is 12.2. The number of nitrogens with zero attached hydrogens (tertiary/aromatic N) is 2. The van der Waals surface area contributed by atoms with Crippen LogP contribution in [0.3, 0.4) is 0 Å². The Bertz CT molecular complexity index is 724. The first kappa shape index (κ1) is 24.2. The maximum atomic E-state index is 11.3. The molecule has 0 saturated heterocycles. The Balaban J connectivity index is 1.85. The molecule has 166 valence electrons. The van der Waals surface area contributed by atoms with Gasteiger partial charge in [0.25, 0.3) is 5.82 Å². The quantitative estimate of drug-likeness (QED) is 0.271. The minimum atomic E-state index is -0.733. The number of carboxylic acid groups (broad SMARTS) is 1. The van der Waals surface area contributed by atoms with Crippen LogP contribution in [0.1, 0.15) is 89.4 Å². The molecule has 1 N–H and O–H groups in total. The van der Waals surface area contributed by atoms with Crippen molar-refractivity contribution in [2.75, 3.05) is 0 Å². The molecule has 1 aromatic heterocycles. The molecule has 0 aliphatic carbocycles. The average Bonchev–Trinajstić information content (AvgIpc) is 3.11. The van der Waals surface area contributed by atoms with Gasteiger partial charge < -0.3 is 5.11 Å². The van der Waals surface area contributed by atoms with E-state index in [2.05, 4.69) is 46.5 Å². The lowest BCUT2D eigenvalue weighted by molar-refractivity contribution is -0.695. The summed E-state index contributed by atoms with van der Waals surface area (Å²) < 4.78 is 4.44. The first-order valence-electron chi connectivity index (χ1n) is 12.0. The molecular formula is C26H41N2O2+. The maximum Gasteiger partial charge on any atom is 0.310 e. The van der Waals surface area contributed by atoms with Gasteiger partial charge in [-0.1, -0.05) is 95.0 Å². The van der Waals surface area contributed by atoms with Gasteiger partial charge in [0.15, 0.2) is 0 Å². The van der Waals surface area contributed by atoms with Crippen molar-refractivity contribution < 1.29 is 14.5 Å². The van der Waals surface area contributed by atoms with Crippen molar-refractivity contribution in [1.29, 1.82) is 0 Å². The van der Waals surface area contributed by atoms with Gasteiger partial charge in [0, 0.05) is 6.42 Å². The van der Waals surface area contributed by atoms with Crippen molar-refractivity contribution in [2.45, 2.75) is 97.6 Å². The molecule has 0 radical (unpaired) electrons. The van der Waals surface area contributed by atoms with Crippen LogP contribution in [0.25, 0.3) is 0 Å². The third kappa shape index (κ3) is 8.73. The number of carboxylic acids is 1. The molecule has 1 atom stereocenters. The van der Waals surface area contributed by atoms with Gasteiger partial charge in [-0.3, -0.25) is 4.79 Å². The van der Waals surface area contributed by atoms with Gasteiger partial charge in [0.2, 0.25) is 0 Å². The van der Waals surface area contributed by atoms with Crippen LogP contribution in [0, 0.1) is 5.92 Å². The van der Waals surface area contributed by atoms with Crippen LogP contribution in [-0.2, 0) is 24.3 Å². The molecule has 4 heteroatoms. The molecule has 0 spiro atoms. The monoisotopic (exact) mass is 413 g/mol. The number of aromatic nitrogens is 2. The number of carbonyl (C=O) groups is 1. The molecule has 0 amide bonds. The Labute approximate surface area is 182 Å². The number of imidazole rings is 1. The van der Waals surface area contributed by atoms with Crippen LogP contribution in [-0.4, -0.2) is 15.6 Å². The number of benzene rings is 1. The summed E-state index contributed by atoms with van der Waals surface area (Å²) in [5.74, 6) is 0.128. The molecule has 2 rings (SSSR count). The largest absolute Gasteiger partial charge is 0.481 e. The lowest BCUT2D eigenvalue weighted by Gasteiger charge is -2.08. The van der Waals surface area contributed by atoms with E-state index in [0.29, 0.717) is 6.54 Å². The van der Waals surface area contributed by atoms with E-state index in [9.17, 15) is 9.90 Å². The van der Waals surface area contributed by atoms with Gasteiger partial charge in [0.1, 0.15) is 25.5 Å². The fourth-order valence-corrected chi connectivity index (χ4v) is 4.02. The summed E-state index contributed by atoms with van der Waals surface area (Å²) in [6, 6.07) is 10.5. The molecule has 0 aliphatic rings. The van der Waals surface area contributed by atoms with Crippen molar-refractivity contribution >= 4 is 5.97 Å². The van der Waals surface area contributed by atoms with Crippen LogP contribution in [0.5, 0.6) is 0 Å². The molecular weight excluding hydrogens is 372 g/mol. The molecule has 0 bridgehead atoms. The first-order valence-corrected chi connectivity index (χ1v) is 12.0. The number of rotatable bonds is 16. The highest BCUT2D eigenvalue weighted by Crippen LogP contribution is 2.13. The molecule has 2 aromatic rings. The Hall–Kier alpha value is -2.10. The molecule has 0 fully saturated rings. The summed E-state index contributed by atoms with van der Waals surface area (Å²) in [6.45, 7) is 5.42. The van der Waals surface area contributed by atoms with Crippen LogP contribution >= 0.6 is 0 Å². The molecule has 0 saturated carbocycles. The van der Waals surface area contributed by atoms with Gasteiger partial charge in [0.05, 0.1) is 5.92 Å². The third-order valence-corrected chi connectivity index (χ3v) is 5.93. The van der Waals surface area contributed by atoms with Crippen molar-refractivity contribution in [2.24, 2.45) is 5.92 Å². The zero-order chi connectivity index (χ0) is 21.6. The average molecular weight is 414 g/mol. The van der Waals surface area contributed by atoms with E-state index >= 15 is 0 Å². The predicted octanol–water partition coefficient (Wildman–Crippen LogP) is 6.01. The van der Waals surface area contributed by atoms with Crippen LogP contribution in [0.15, 0.2) is 42.7 Å². The third-order valence-electron chi connectivity index (χ3n) is 5.93. The number of hydrogen-bond donors (Lipinski definition) is 1. The van der Waals surface area contributed by atoms with Crippen LogP contribution in [0.2, 0.25) is 0 Å². The second-order valence-electron chi connectivity index (χ2n) is 8.65. The number of hydrogen-bond acceptors (Lipinski definition) is 1. The van der Waals surface area contributed by atoms with Crippen LogP contribution in [0.4, 0.5) is 0 Å². The van der Waals surface area contributed by atoms with Gasteiger partial charge in [-0.05, 0) is 18.9 Å². The van der Waals surface area contributed by atoms with Gasteiger partial charge in [-0.25, -0.2) is 9.13 Å². The molecule has 4 nitrogen and oxygen atoms in total. The predicted molar refractivity (Wildman–Crippen MR) is 123 cm³/mol. The molecule has 1 unspecified atom stereocenters. The Kier molecular flexibility index (Phi) is 11.3. The van der Waals surface area contributed by atoms with Crippen molar-refractivity contribution in [3.63, 3.8) is 0 Å². The van der Waals surface area contributed by atoms with Crippen molar-refractivity contribution in [3.8, 4) is 0 Å². The van der Waals surface area contributed by atoms with Crippen molar-refractivity contribution in [3.05, 3.63) is 54.1 Å².